The van der Waals surface area contributed by atoms with E-state index in [1.165, 1.54) is 0 Å². The lowest BCUT2D eigenvalue weighted by Gasteiger charge is -2.12. The van der Waals surface area contributed by atoms with Gasteiger partial charge in [0.2, 0.25) is 5.91 Å². The zero-order valence-electron chi connectivity index (χ0n) is 13.8. The van der Waals surface area contributed by atoms with E-state index in [0.717, 1.165) is 11.1 Å². The average Bonchev–Trinajstić information content (AvgIpc) is 2.63. The van der Waals surface area contributed by atoms with Crippen LogP contribution in [0.1, 0.15) is 13.3 Å². The predicted octanol–water partition coefficient (Wildman–Crippen LogP) is 2.22. The van der Waals surface area contributed by atoms with Gasteiger partial charge in [-0.15, -0.1) is 5.10 Å². The molecular formula is C18H18N4O3. The van der Waals surface area contributed by atoms with Gasteiger partial charge in [-0.25, -0.2) is 4.68 Å². The maximum absolute atomic E-state index is 12.4. The van der Waals surface area contributed by atoms with Crippen molar-refractivity contribution in [3.8, 4) is 5.75 Å². The molecule has 1 amide bonds. The van der Waals surface area contributed by atoms with Crippen LogP contribution in [0.5, 0.6) is 5.75 Å². The lowest BCUT2D eigenvalue weighted by molar-refractivity contribution is -0.117. The highest BCUT2D eigenvalue weighted by Crippen LogP contribution is 2.23. The predicted molar refractivity (Wildman–Crippen MR) is 94.7 cm³/mol. The van der Waals surface area contributed by atoms with E-state index in [1.807, 2.05) is 13.0 Å². The molecule has 1 aromatic heterocycles. The molecule has 0 radical (unpaired) electrons. The Kier molecular flexibility index (Phi) is 5.03. The molecule has 0 aliphatic carbocycles. The number of hydrogen-bond acceptors (Lipinski definition) is 5. The third-order valence-electron chi connectivity index (χ3n) is 3.55. The first-order chi connectivity index (χ1) is 12.2. The van der Waals surface area contributed by atoms with Crippen molar-refractivity contribution >= 4 is 22.5 Å². The Bertz CT molecular complexity index is 952. The summed E-state index contributed by atoms with van der Waals surface area (Å²) < 4.78 is 6.66. The van der Waals surface area contributed by atoms with E-state index >= 15 is 0 Å². The van der Waals surface area contributed by atoms with Gasteiger partial charge in [0.05, 0.1) is 17.7 Å². The summed E-state index contributed by atoms with van der Waals surface area (Å²) in [7, 11) is 0. The van der Waals surface area contributed by atoms with Gasteiger partial charge in [0, 0.05) is 0 Å². The molecule has 3 aromatic rings. The Hall–Kier alpha value is -3.22. The first-order valence-corrected chi connectivity index (χ1v) is 8.03. The number of amides is 1. The van der Waals surface area contributed by atoms with E-state index < -0.39 is 0 Å². The van der Waals surface area contributed by atoms with Crippen LogP contribution >= 0.6 is 0 Å². The van der Waals surface area contributed by atoms with Gasteiger partial charge in [0.25, 0.3) is 5.56 Å². The molecule has 0 saturated carbocycles. The van der Waals surface area contributed by atoms with Gasteiger partial charge in [-0.3, -0.25) is 9.59 Å². The number of aromatic nitrogens is 3. The molecule has 0 aliphatic rings. The van der Waals surface area contributed by atoms with Gasteiger partial charge in [0.15, 0.2) is 0 Å². The van der Waals surface area contributed by atoms with Crippen molar-refractivity contribution in [2.24, 2.45) is 0 Å². The normalized spacial score (nSPS) is 10.6. The van der Waals surface area contributed by atoms with Crippen molar-refractivity contribution in [2.75, 3.05) is 11.9 Å². The average molecular weight is 338 g/mol. The SMILES string of the molecule is CCCOc1ccccc1NC(=O)Cn1nnc2ccccc2c1=O. The summed E-state index contributed by atoms with van der Waals surface area (Å²) in [6.45, 7) is 2.34. The van der Waals surface area contributed by atoms with Crippen LogP contribution in [0, 0.1) is 0 Å². The zero-order chi connectivity index (χ0) is 17.6. The second kappa shape index (κ2) is 7.57. The Morgan fingerprint density at radius 3 is 2.76 bits per heavy atom. The van der Waals surface area contributed by atoms with Crippen molar-refractivity contribution in [1.82, 2.24) is 15.0 Å². The molecule has 7 nitrogen and oxygen atoms in total. The van der Waals surface area contributed by atoms with Crippen LogP contribution in [0.4, 0.5) is 5.69 Å². The van der Waals surface area contributed by atoms with Crippen LogP contribution in [0.25, 0.3) is 10.9 Å². The van der Waals surface area contributed by atoms with Crippen LogP contribution in [-0.2, 0) is 11.3 Å². The number of benzene rings is 2. The first kappa shape index (κ1) is 16.6. The fraction of sp³-hybridized carbons (Fsp3) is 0.222. The smallest absolute Gasteiger partial charge is 0.278 e. The number of anilines is 1. The van der Waals surface area contributed by atoms with Crippen molar-refractivity contribution in [3.63, 3.8) is 0 Å². The molecule has 0 saturated heterocycles. The van der Waals surface area contributed by atoms with Gasteiger partial charge in [-0.1, -0.05) is 36.4 Å². The summed E-state index contributed by atoms with van der Waals surface area (Å²) >= 11 is 0. The molecular weight excluding hydrogens is 320 g/mol. The summed E-state index contributed by atoms with van der Waals surface area (Å²) in [5, 5.41) is 11.0. The fourth-order valence-corrected chi connectivity index (χ4v) is 2.36. The second-order valence-electron chi connectivity index (χ2n) is 5.46. The van der Waals surface area contributed by atoms with Crippen molar-refractivity contribution in [3.05, 3.63) is 58.9 Å². The number of nitrogens with zero attached hydrogens (tertiary/aromatic N) is 3. The molecule has 1 heterocycles. The standard InChI is InChI=1S/C18H18N4O3/c1-2-11-25-16-10-6-5-9-15(16)19-17(23)12-22-18(24)13-7-3-4-8-14(13)20-21-22/h3-10H,2,11-12H2,1H3,(H,19,23). The van der Waals surface area contributed by atoms with Gasteiger partial charge in [0.1, 0.15) is 17.8 Å². The summed E-state index contributed by atoms with van der Waals surface area (Å²) in [6.07, 6.45) is 0.865. The van der Waals surface area contributed by atoms with E-state index in [4.69, 9.17) is 4.74 Å². The summed E-state index contributed by atoms with van der Waals surface area (Å²) in [4.78, 5) is 24.7. The van der Waals surface area contributed by atoms with Crippen LogP contribution in [0.2, 0.25) is 0 Å². The second-order valence-corrected chi connectivity index (χ2v) is 5.46. The lowest BCUT2D eigenvalue weighted by atomic mass is 10.2. The quantitative estimate of drug-likeness (QED) is 0.745. The first-order valence-electron chi connectivity index (χ1n) is 8.03. The Morgan fingerprint density at radius 2 is 1.92 bits per heavy atom. The number of fused-ring (bicyclic) bond motifs is 1. The fourth-order valence-electron chi connectivity index (χ4n) is 2.36. The third-order valence-corrected chi connectivity index (χ3v) is 3.55. The minimum atomic E-state index is -0.376. The summed E-state index contributed by atoms with van der Waals surface area (Å²) in [5.74, 6) is 0.217. The number of para-hydroxylation sites is 2. The number of carbonyl (C=O) groups is 1. The number of carbonyl (C=O) groups excluding carboxylic acids is 1. The van der Waals surface area contributed by atoms with Crippen LogP contribution in [0.15, 0.2) is 53.3 Å². The Morgan fingerprint density at radius 1 is 1.16 bits per heavy atom. The van der Waals surface area contributed by atoms with Crippen molar-refractivity contribution in [2.45, 2.75) is 19.9 Å². The lowest BCUT2D eigenvalue weighted by Crippen LogP contribution is -2.30. The number of rotatable bonds is 6. The van der Waals surface area contributed by atoms with Crippen LogP contribution < -0.4 is 15.6 Å². The number of nitrogens with one attached hydrogen (secondary N) is 1. The van der Waals surface area contributed by atoms with Crippen LogP contribution in [0.3, 0.4) is 0 Å². The molecule has 7 heteroatoms. The van der Waals surface area contributed by atoms with E-state index in [0.29, 0.717) is 28.9 Å². The largest absolute Gasteiger partial charge is 0.491 e. The van der Waals surface area contributed by atoms with E-state index in [-0.39, 0.29) is 18.0 Å². The molecule has 0 spiro atoms. The maximum atomic E-state index is 12.4. The monoisotopic (exact) mass is 338 g/mol. The Balaban J connectivity index is 1.78. The van der Waals surface area contributed by atoms with Gasteiger partial charge in [-0.05, 0) is 30.7 Å². The van der Waals surface area contributed by atoms with Crippen molar-refractivity contribution < 1.29 is 9.53 Å². The molecule has 0 bridgehead atoms. The molecule has 0 unspecified atom stereocenters. The van der Waals surface area contributed by atoms with Crippen LogP contribution in [-0.4, -0.2) is 27.5 Å². The Labute approximate surface area is 144 Å². The number of ether oxygens (including phenoxy) is 1. The van der Waals surface area contributed by atoms with Gasteiger partial charge in [-0.2, -0.15) is 0 Å². The molecule has 128 valence electrons. The van der Waals surface area contributed by atoms with Gasteiger partial charge >= 0.3 is 0 Å². The molecule has 25 heavy (non-hydrogen) atoms. The van der Waals surface area contributed by atoms with E-state index in [1.54, 1.807) is 42.5 Å². The highest BCUT2D eigenvalue weighted by Gasteiger charge is 2.11. The highest BCUT2D eigenvalue weighted by atomic mass is 16.5. The van der Waals surface area contributed by atoms with Gasteiger partial charge < -0.3 is 10.1 Å². The molecule has 2 aromatic carbocycles. The van der Waals surface area contributed by atoms with E-state index in [2.05, 4.69) is 15.6 Å². The topological polar surface area (TPSA) is 86.1 Å². The summed E-state index contributed by atoms with van der Waals surface area (Å²) in [6, 6.07) is 14.1. The van der Waals surface area contributed by atoms with Crippen molar-refractivity contribution in [1.29, 1.82) is 0 Å². The zero-order valence-corrected chi connectivity index (χ0v) is 13.8. The summed E-state index contributed by atoms with van der Waals surface area (Å²) in [5.41, 5.74) is 0.710. The minimum absolute atomic E-state index is 0.223. The molecule has 0 fully saturated rings. The third kappa shape index (κ3) is 3.82. The number of hydrogen-bond donors (Lipinski definition) is 1. The molecule has 0 atom stereocenters. The minimum Gasteiger partial charge on any atom is -0.491 e. The molecule has 1 N–H and O–H groups in total. The van der Waals surface area contributed by atoms with E-state index in [9.17, 15) is 9.59 Å². The highest BCUT2D eigenvalue weighted by molar-refractivity contribution is 5.92. The maximum Gasteiger partial charge on any atom is 0.278 e. The molecule has 3 rings (SSSR count). The molecule has 0 aliphatic heterocycles.